The van der Waals surface area contributed by atoms with Gasteiger partial charge in [-0.15, -0.1) is 0 Å². The second-order valence-corrected chi connectivity index (χ2v) is 6.97. The number of fused-ring (bicyclic) bond motifs is 1. The first-order valence-electron chi connectivity index (χ1n) is 8.40. The maximum atomic E-state index is 2.38. The van der Waals surface area contributed by atoms with Crippen molar-refractivity contribution in [1.82, 2.24) is 0 Å². The third-order valence-electron chi connectivity index (χ3n) is 4.94. The van der Waals surface area contributed by atoms with Crippen molar-refractivity contribution >= 4 is 10.9 Å². The Labute approximate surface area is 139 Å². The monoisotopic (exact) mass is 304 g/mol. The smallest absolute Gasteiger partial charge is 0.194 e. The molecule has 118 valence electrons. The van der Waals surface area contributed by atoms with Crippen LogP contribution in [0.2, 0.25) is 0 Å². The summed E-state index contributed by atoms with van der Waals surface area (Å²) in [6, 6.07) is 15.7. The highest BCUT2D eigenvalue weighted by molar-refractivity contribution is 5.82. The lowest BCUT2D eigenvalue weighted by molar-refractivity contribution is -0.633. The van der Waals surface area contributed by atoms with Crippen molar-refractivity contribution in [2.24, 2.45) is 7.05 Å². The fourth-order valence-corrected chi connectivity index (χ4v) is 3.50. The number of rotatable bonds is 2. The molecule has 0 radical (unpaired) electrons. The predicted molar refractivity (Wildman–Crippen MR) is 98.9 cm³/mol. The Kier molecular flexibility index (Phi) is 3.97. The third kappa shape index (κ3) is 2.65. The Bertz CT molecular complexity index is 888. The zero-order valence-corrected chi connectivity index (χ0v) is 15.1. The van der Waals surface area contributed by atoms with Crippen molar-refractivity contribution in [3.63, 3.8) is 0 Å². The summed E-state index contributed by atoms with van der Waals surface area (Å²) in [5.41, 5.74) is 9.42. The van der Waals surface area contributed by atoms with Gasteiger partial charge in [-0.2, -0.15) is 4.57 Å². The molecule has 23 heavy (non-hydrogen) atoms. The molecule has 0 aliphatic rings. The van der Waals surface area contributed by atoms with Crippen molar-refractivity contribution in [2.75, 3.05) is 0 Å². The van der Waals surface area contributed by atoms with E-state index >= 15 is 0 Å². The molecule has 1 heteroatoms. The lowest BCUT2D eigenvalue weighted by atomic mass is 9.92. The fraction of sp³-hybridized carbons (Fsp3) is 0.318. The summed E-state index contributed by atoms with van der Waals surface area (Å²) in [5, 5.41) is 1.36. The SMILES string of the molecule is Cc1cc(C)c(C)c(-c2cc(C(C)C)c3ccccc3[n+]2C)c1. The van der Waals surface area contributed by atoms with Gasteiger partial charge in [0.1, 0.15) is 7.05 Å². The largest absolute Gasteiger partial charge is 0.213 e. The molecule has 0 aliphatic heterocycles. The van der Waals surface area contributed by atoms with E-state index in [0.717, 1.165) is 0 Å². The van der Waals surface area contributed by atoms with Crippen molar-refractivity contribution < 1.29 is 4.57 Å². The standard InChI is InChI=1S/C22H26N/c1-14(2)19-13-22(20-12-15(3)11-16(4)17(20)5)23(6)21-10-8-7-9-18(19)21/h7-14H,1-6H3/q+1. The molecule has 0 unspecified atom stereocenters. The summed E-state index contributed by atoms with van der Waals surface area (Å²) >= 11 is 0. The average molecular weight is 304 g/mol. The molecule has 0 fully saturated rings. The van der Waals surface area contributed by atoms with Crippen LogP contribution in [-0.2, 0) is 7.05 Å². The number of benzene rings is 2. The van der Waals surface area contributed by atoms with Crippen LogP contribution in [0.15, 0.2) is 42.5 Å². The zero-order valence-electron chi connectivity index (χ0n) is 15.1. The van der Waals surface area contributed by atoms with Crippen LogP contribution >= 0.6 is 0 Å². The van der Waals surface area contributed by atoms with E-state index < -0.39 is 0 Å². The first kappa shape index (κ1) is 15.7. The number of hydrogen-bond acceptors (Lipinski definition) is 0. The van der Waals surface area contributed by atoms with E-state index in [2.05, 4.69) is 88.7 Å². The Morgan fingerprint density at radius 1 is 0.913 bits per heavy atom. The third-order valence-corrected chi connectivity index (χ3v) is 4.94. The van der Waals surface area contributed by atoms with E-state index in [1.807, 2.05) is 0 Å². The van der Waals surface area contributed by atoms with Gasteiger partial charge in [0.2, 0.25) is 11.2 Å². The minimum atomic E-state index is 0.506. The molecule has 3 aromatic rings. The number of hydrogen-bond donors (Lipinski definition) is 0. The molecule has 0 atom stereocenters. The zero-order chi connectivity index (χ0) is 16.7. The van der Waals surface area contributed by atoms with Crippen LogP contribution in [0, 0.1) is 20.8 Å². The molecule has 0 saturated heterocycles. The Morgan fingerprint density at radius 2 is 1.61 bits per heavy atom. The topological polar surface area (TPSA) is 3.88 Å². The molecule has 1 aromatic heterocycles. The van der Waals surface area contributed by atoms with Crippen molar-refractivity contribution in [1.29, 1.82) is 0 Å². The summed E-state index contributed by atoms with van der Waals surface area (Å²) in [6.07, 6.45) is 0. The molecule has 0 aliphatic carbocycles. The van der Waals surface area contributed by atoms with E-state index in [1.54, 1.807) is 0 Å². The molecule has 0 amide bonds. The Morgan fingerprint density at radius 3 is 2.30 bits per heavy atom. The summed E-state index contributed by atoms with van der Waals surface area (Å²) in [6.45, 7) is 11.2. The van der Waals surface area contributed by atoms with Crippen molar-refractivity contribution in [2.45, 2.75) is 40.5 Å². The summed E-state index contributed by atoms with van der Waals surface area (Å²) in [5.74, 6) is 0.506. The van der Waals surface area contributed by atoms with E-state index in [1.165, 1.54) is 44.4 Å². The van der Waals surface area contributed by atoms with Gasteiger partial charge in [-0.25, -0.2) is 0 Å². The number of para-hydroxylation sites is 1. The molecule has 0 spiro atoms. The van der Waals surface area contributed by atoms with Gasteiger partial charge >= 0.3 is 0 Å². The molecule has 0 bridgehead atoms. The molecule has 0 N–H and O–H groups in total. The molecule has 0 saturated carbocycles. The van der Waals surface area contributed by atoms with Crippen LogP contribution in [0.1, 0.15) is 42.0 Å². The predicted octanol–water partition coefficient (Wildman–Crippen LogP) is 5.38. The molecule has 1 heterocycles. The summed E-state index contributed by atoms with van der Waals surface area (Å²) in [4.78, 5) is 0. The van der Waals surface area contributed by atoms with Crippen LogP contribution in [-0.4, -0.2) is 0 Å². The maximum Gasteiger partial charge on any atom is 0.213 e. The van der Waals surface area contributed by atoms with Gasteiger partial charge in [-0.3, -0.25) is 0 Å². The molecule has 2 aromatic carbocycles. The Hall–Kier alpha value is -2.15. The highest BCUT2D eigenvalue weighted by Crippen LogP contribution is 2.31. The second-order valence-electron chi connectivity index (χ2n) is 6.97. The molecule has 3 rings (SSSR count). The van der Waals surface area contributed by atoms with Crippen LogP contribution < -0.4 is 4.57 Å². The molecule has 1 nitrogen and oxygen atoms in total. The molecular weight excluding hydrogens is 278 g/mol. The normalized spacial score (nSPS) is 11.4. The van der Waals surface area contributed by atoms with Crippen LogP contribution in [0.5, 0.6) is 0 Å². The highest BCUT2D eigenvalue weighted by atomic mass is 14.9. The van der Waals surface area contributed by atoms with E-state index in [0.29, 0.717) is 5.92 Å². The van der Waals surface area contributed by atoms with Crippen LogP contribution in [0.25, 0.3) is 22.2 Å². The quantitative estimate of drug-likeness (QED) is 0.560. The van der Waals surface area contributed by atoms with E-state index in [4.69, 9.17) is 0 Å². The number of pyridine rings is 1. The van der Waals surface area contributed by atoms with Gasteiger partial charge in [0.15, 0.2) is 0 Å². The Balaban J connectivity index is 2.41. The maximum absolute atomic E-state index is 2.38. The number of nitrogens with zero attached hydrogens (tertiary/aromatic N) is 1. The number of aryl methyl sites for hydroxylation is 3. The first-order chi connectivity index (χ1) is 10.9. The second kappa shape index (κ2) is 5.81. The van der Waals surface area contributed by atoms with Gasteiger partial charge in [0.25, 0.3) is 0 Å². The van der Waals surface area contributed by atoms with E-state index in [9.17, 15) is 0 Å². The first-order valence-corrected chi connectivity index (χ1v) is 8.40. The van der Waals surface area contributed by atoms with Crippen molar-refractivity contribution in [3.8, 4) is 11.3 Å². The lowest BCUT2D eigenvalue weighted by Gasteiger charge is -2.14. The van der Waals surface area contributed by atoms with Gasteiger partial charge in [0, 0.05) is 23.1 Å². The van der Waals surface area contributed by atoms with Gasteiger partial charge in [0.05, 0.1) is 0 Å². The summed E-state index contributed by atoms with van der Waals surface area (Å²) in [7, 11) is 2.18. The van der Waals surface area contributed by atoms with Crippen LogP contribution in [0.4, 0.5) is 0 Å². The highest BCUT2D eigenvalue weighted by Gasteiger charge is 2.21. The number of aromatic nitrogens is 1. The lowest BCUT2D eigenvalue weighted by Crippen LogP contribution is -2.33. The fourth-order valence-electron chi connectivity index (χ4n) is 3.50. The van der Waals surface area contributed by atoms with Gasteiger partial charge < -0.3 is 0 Å². The van der Waals surface area contributed by atoms with E-state index in [-0.39, 0.29) is 0 Å². The molecular formula is C22H26N+. The average Bonchev–Trinajstić information content (AvgIpc) is 2.51. The van der Waals surface area contributed by atoms with Crippen LogP contribution in [0.3, 0.4) is 0 Å². The minimum Gasteiger partial charge on any atom is -0.194 e. The van der Waals surface area contributed by atoms with Gasteiger partial charge in [-0.1, -0.05) is 37.6 Å². The minimum absolute atomic E-state index is 0.506. The van der Waals surface area contributed by atoms with Crippen molar-refractivity contribution in [3.05, 3.63) is 64.7 Å². The summed E-state index contributed by atoms with van der Waals surface area (Å²) < 4.78 is 2.34. The van der Waals surface area contributed by atoms with Gasteiger partial charge in [-0.05, 0) is 55.5 Å².